The van der Waals surface area contributed by atoms with Crippen LogP contribution in [0.4, 0.5) is 0 Å². The van der Waals surface area contributed by atoms with Crippen LogP contribution >= 0.6 is 0 Å². The molecule has 0 aromatic carbocycles. The largest absolute Gasteiger partial charge is 0.399 e. The number of rotatable bonds is 4. The summed E-state index contributed by atoms with van der Waals surface area (Å²) < 4.78 is 0. The van der Waals surface area contributed by atoms with E-state index in [1.807, 2.05) is 39.0 Å². The summed E-state index contributed by atoms with van der Waals surface area (Å²) in [5.74, 6) is 0. The molecule has 0 aliphatic heterocycles. The zero-order valence-corrected chi connectivity index (χ0v) is 8.80. The Kier molecular flexibility index (Phi) is 5.69. The van der Waals surface area contributed by atoms with Crippen molar-refractivity contribution >= 4 is 0 Å². The molecule has 1 nitrogen and oxygen atoms in total. The highest BCUT2D eigenvalue weighted by atomic mass is 14.5. The minimum Gasteiger partial charge on any atom is -0.399 e. The highest BCUT2D eigenvalue weighted by Crippen LogP contribution is 2.11. The average Bonchev–Trinajstić information content (AvgIpc) is 2.03. The van der Waals surface area contributed by atoms with Gasteiger partial charge in [-0.15, -0.1) is 0 Å². The zero-order chi connectivity index (χ0) is 10.3. The van der Waals surface area contributed by atoms with Gasteiger partial charge in [-0.05, 0) is 38.8 Å². The third kappa shape index (κ3) is 5.97. The fraction of sp³-hybridized carbons (Fsp3) is 0.333. The van der Waals surface area contributed by atoms with Crippen LogP contribution in [0.15, 0.2) is 47.7 Å². The first-order valence-electron chi connectivity index (χ1n) is 4.49. The normalized spacial score (nSPS) is 13.8. The van der Waals surface area contributed by atoms with E-state index in [1.165, 1.54) is 5.57 Å². The highest BCUT2D eigenvalue weighted by Gasteiger charge is 1.93. The Morgan fingerprint density at radius 3 is 2.38 bits per heavy atom. The van der Waals surface area contributed by atoms with E-state index < -0.39 is 0 Å². The summed E-state index contributed by atoms with van der Waals surface area (Å²) in [6.07, 6.45) is 8.83. The van der Waals surface area contributed by atoms with Crippen LogP contribution in [0.25, 0.3) is 0 Å². The van der Waals surface area contributed by atoms with Crippen molar-refractivity contribution < 1.29 is 0 Å². The quantitative estimate of drug-likeness (QED) is 0.517. The van der Waals surface area contributed by atoms with Crippen molar-refractivity contribution in [1.82, 2.24) is 0 Å². The third-order valence-electron chi connectivity index (χ3n) is 1.57. The molecular weight excluding hydrogens is 158 g/mol. The van der Waals surface area contributed by atoms with E-state index in [-0.39, 0.29) is 0 Å². The van der Waals surface area contributed by atoms with Crippen molar-refractivity contribution in [1.29, 1.82) is 0 Å². The molecule has 72 valence electrons. The summed E-state index contributed by atoms with van der Waals surface area (Å²) in [6.45, 7) is 9.82. The van der Waals surface area contributed by atoms with Gasteiger partial charge in [-0.1, -0.05) is 30.4 Å². The summed E-state index contributed by atoms with van der Waals surface area (Å²) >= 11 is 0. The lowest BCUT2D eigenvalue weighted by molar-refractivity contribution is 1.15. The molecule has 0 aromatic rings. The van der Waals surface area contributed by atoms with E-state index in [2.05, 4.69) is 12.7 Å². The van der Waals surface area contributed by atoms with Crippen LogP contribution in [0, 0.1) is 0 Å². The molecule has 0 atom stereocenters. The predicted octanol–water partition coefficient (Wildman–Crippen LogP) is 3.32. The average molecular weight is 177 g/mol. The van der Waals surface area contributed by atoms with E-state index in [4.69, 9.17) is 5.73 Å². The molecule has 0 fully saturated rings. The first kappa shape index (κ1) is 11.8. The topological polar surface area (TPSA) is 26.0 Å². The van der Waals surface area contributed by atoms with E-state index in [9.17, 15) is 0 Å². The maximum absolute atomic E-state index is 5.70. The summed E-state index contributed by atoms with van der Waals surface area (Å²) in [7, 11) is 0. The van der Waals surface area contributed by atoms with Crippen molar-refractivity contribution in [3.05, 3.63) is 47.7 Å². The Hall–Kier alpha value is -1.24. The second-order valence-corrected chi connectivity index (χ2v) is 3.14. The number of allylic oxidation sites excluding steroid dienone is 6. The van der Waals surface area contributed by atoms with Crippen LogP contribution in [0.3, 0.4) is 0 Å². The Bertz CT molecular complexity index is 254. The van der Waals surface area contributed by atoms with Crippen molar-refractivity contribution in [3.63, 3.8) is 0 Å². The van der Waals surface area contributed by atoms with Gasteiger partial charge in [-0.25, -0.2) is 0 Å². The van der Waals surface area contributed by atoms with Gasteiger partial charge in [-0.2, -0.15) is 0 Å². The number of hydrogen-bond acceptors (Lipinski definition) is 1. The third-order valence-corrected chi connectivity index (χ3v) is 1.57. The van der Waals surface area contributed by atoms with Gasteiger partial charge in [0.05, 0.1) is 0 Å². The van der Waals surface area contributed by atoms with Gasteiger partial charge < -0.3 is 5.73 Å². The molecule has 0 rings (SSSR count). The van der Waals surface area contributed by atoms with E-state index in [0.29, 0.717) is 0 Å². The molecule has 2 N–H and O–H groups in total. The standard InChI is InChI=1S/C12H19N/c1-5-7-11(8-10(3)4)9-12(13)6-2/h5-7,9H,3,8,13H2,1-2,4H3/b7-5-,11-9+,12-6+. The second kappa shape index (κ2) is 6.30. The fourth-order valence-electron chi connectivity index (χ4n) is 1.02. The lowest BCUT2D eigenvalue weighted by Gasteiger charge is -2.01. The van der Waals surface area contributed by atoms with Crippen LogP contribution in [0.5, 0.6) is 0 Å². The Labute approximate surface area is 81.3 Å². The Balaban J connectivity index is 4.59. The molecule has 0 spiro atoms. The van der Waals surface area contributed by atoms with E-state index in [0.717, 1.165) is 17.7 Å². The lowest BCUT2D eigenvalue weighted by Crippen LogP contribution is -1.93. The van der Waals surface area contributed by atoms with Gasteiger partial charge in [0.1, 0.15) is 0 Å². The maximum atomic E-state index is 5.70. The monoisotopic (exact) mass is 177 g/mol. The molecule has 13 heavy (non-hydrogen) atoms. The van der Waals surface area contributed by atoms with Gasteiger partial charge in [0.2, 0.25) is 0 Å². The molecule has 0 aromatic heterocycles. The molecule has 0 unspecified atom stereocenters. The molecular formula is C12H19N. The van der Waals surface area contributed by atoms with Gasteiger partial charge in [0, 0.05) is 5.70 Å². The molecule has 0 aliphatic rings. The van der Waals surface area contributed by atoms with Gasteiger partial charge in [0.15, 0.2) is 0 Å². The fourth-order valence-corrected chi connectivity index (χ4v) is 1.02. The van der Waals surface area contributed by atoms with Gasteiger partial charge in [-0.3, -0.25) is 0 Å². The summed E-state index contributed by atoms with van der Waals surface area (Å²) in [5.41, 5.74) is 8.85. The van der Waals surface area contributed by atoms with E-state index in [1.54, 1.807) is 0 Å². The summed E-state index contributed by atoms with van der Waals surface area (Å²) in [4.78, 5) is 0. The van der Waals surface area contributed by atoms with Crippen molar-refractivity contribution in [2.45, 2.75) is 27.2 Å². The minimum atomic E-state index is 0.800. The van der Waals surface area contributed by atoms with Gasteiger partial charge >= 0.3 is 0 Å². The lowest BCUT2D eigenvalue weighted by atomic mass is 10.1. The second-order valence-electron chi connectivity index (χ2n) is 3.14. The zero-order valence-electron chi connectivity index (χ0n) is 8.80. The molecule has 0 heterocycles. The minimum absolute atomic E-state index is 0.800. The summed E-state index contributed by atoms with van der Waals surface area (Å²) in [5, 5.41) is 0. The van der Waals surface area contributed by atoms with Crippen molar-refractivity contribution in [2.24, 2.45) is 5.73 Å². The van der Waals surface area contributed by atoms with Crippen LogP contribution in [0.2, 0.25) is 0 Å². The van der Waals surface area contributed by atoms with Crippen LogP contribution < -0.4 is 5.73 Å². The first-order valence-corrected chi connectivity index (χ1v) is 4.49. The van der Waals surface area contributed by atoms with E-state index >= 15 is 0 Å². The highest BCUT2D eigenvalue weighted by molar-refractivity contribution is 5.30. The summed E-state index contributed by atoms with van der Waals surface area (Å²) in [6, 6.07) is 0. The van der Waals surface area contributed by atoms with Crippen molar-refractivity contribution in [2.75, 3.05) is 0 Å². The van der Waals surface area contributed by atoms with Gasteiger partial charge in [0.25, 0.3) is 0 Å². The molecule has 0 aliphatic carbocycles. The van der Waals surface area contributed by atoms with Crippen LogP contribution in [-0.4, -0.2) is 0 Å². The Morgan fingerprint density at radius 2 is 2.00 bits per heavy atom. The molecule has 1 heteroatoms. The molecule has 0 amide bonds. The molecule has 0 saturated carbocycles. The molecule has 0 saturated heterocycles. The SMILES string of the molecule is C=C(C)CC(/C=C\C)=C/C(N)=C\C. The molecule has 0 radical (unpaired) electrons. The van der Waals surface area contributed by atoms with Crippen molar-refractivity contribution in [3.8, 4) is 0 Å². The maximum Gasteiger partial charge on any atom is 0.0273 e. The van der Waals surface area contributed by atoms with Crippen LogP contribution in [-0.2, 0) is 0 Å². The predicted molar refractivity (Wildman–Crippen MR) is 60.3 cm³/mol. The number of hydrogen-bond donors (Lipinski definition) is 1. The first-order chi connectivity index (χ1) is 6.10. The number of nitrogens with two attached hydrogens (primary N) is 1. The smallest absolute Gasteiger partial charge is 0.0273 e. The van der Waals surface area contributed by atoms with Crippen LogP contribution in [0.1, 0.15) is 27.2 Å². The Morgan fingerprint density at radius 1 is 1.38 bits per heavy atom. The molecule has 0 bridgehead atoms.